The summed E-state index contributed by atoms with van der Waals surface area (Å²) < 4.78 is 7.17. The van der Waals surface area contributed by atoms with Crippen LogP contribution in [-0.2, 0) is 24.6 Å². The average molecular weight is 239 g/mol. The highest BCUT2D eigenvalue weighted by Gasteiger charge is 2.10. The molecule has 1 heterocycles. The molecule has 0 bridgehead atoms. The van der Waals surface area contributed by atoms with E-state index in [0.29, 0.717) is 6.10 Å². The number of methoxy groups -OCH3 is 1. The first-order valence-electron chi connectivity index (χ1n) is 6.37. The average Bonchev–Trinajstić information content (AvgIpc) is 2.67. The molecule has 0 aliphatic heterocycles. The van der Waals surface area contributed by atoms with Crippen molar-refractivity contribution in [1.82, 2.24) is 9.78 Å². The molecule has 0 saturated heterocycles. The molecule has 0 aromatic carbocycles. The SMILES string of the molecule is CCc1cc(CC(N)CCC(C)OC)n(C)n1. The lowest BCUT2D eigenvalue weighted by Crippen LogP contribution is -2.25. The first-order valence-corrected chi connectivity index (χ1v) is 6.37. The normalized spacial score (nSPS) is 14.9. The van der Waals surface area contributed by atoms with Crippen molar-refractivity contribution in [3.8, 4) is 0 Å². The van der Waals surface area contributed by atoms with Crippen molar-refractivity contribution in [2.75, 3.05) is 7.11 Å². The predicted molar refractivity (Wildman–Crippen MR) is 70.0 cm³/mol. The van der Waals surface area contributed by atoms with Crippen molar-refractivity contribution in [1.29, 1.82) is 0 Å². The Morgan fingerprint density at radius 3 is 2.71 bits per heavy atom. The molecule has 1 aromatic heterocycles. The standard InChI is InChI=1S/C13H25N3O/c1-5-12-9-13(16(3)15-12)8-11(14)7-6-10(2)17-4/h9-11H,5-8,14H2,1-4H3. The molecule has 17 heavy (non-hydrogen) atoms. The van der Waals surface area contributed by atoms with E-state index in [2.05, 4.69) is 25.0 Å². The smallest absolute Gasteiger partial charge is 0.0624 e. The van der Waals surface area contributed by atoms with Crippen LogP contribution >= 0.6 is 0 Å². The van der Waals surface area contributed by atoms with Gasteiger partial charge in [0.2, 0.25) is 0 Å². The third-order valence-electron chi connectivity index (χ3n) is 3.21. The first kappa shape index (κ1) is 14.2. The number of hydrogen-bond donors (Lipinski definition) is 1. The molecule has 4 nitrogen and oxygen atoms in total. The van der Waals surface area contributed by atoms with Crippen molar-refractivity contribution < 1.29 is 4.74 Å². The van der Waals surface area contributed by atoms with Gasteiger partial charge in [-0.25, -0.2) is 0 Å². The molecule has 0 amide bonds. The van der Waals surface area contributed by atoms with E-state index in [1.54, 1.807) is 7.11 Å². The zero-order valence-corrected chi connectivity index (χ0v) is 11.4. The Labute approximate surface area is 104 Å². The highest BCUT2D eigenvalue weighted by atomic mass is 16.5. The summed E-state index contributed by atoms with van der Waals surface area (Å²) in [6, 6.07) is 2.34. The fraction of sp³-hybridized carbons (Fsp3) is 0.769. The van der Waals surface area contributed by atoms with Gasteiger partial charge in [-0.2, -0.15) is 5.10 Å². The molecule has 0 fully saturated rings. The molecule has 1 rings (SSSR count). The maximum atomic E-state index is 6.13. The van der Waals surface area contributed by atoms with Gasteiger partial charge in [0, 0.05) is 32.3 Å². The molecule has 1 aromatic rings. The van der Waals surface area contributed by atoms with Crippen molar-refractivity contribution in [2.24, 2.45) is 12.8 Å². The zero-order valence-electron chi connectivity index (χ0n) is 11.4. The summed E-state index contributed by atoms with van der Waals surface area (Å²) in [5, 5.41) is 4.43. The van der Waals surface area contributed by atoms with Gasteiger partial charge in [0.1, 0.15) is 0 Å². The highest BCUT2D eigenvalue weighted by molar-refractivity contribution is 5.11. The second-order valence-electron chi connectivity index (χ2n) is 4.69. The highest BCUT2D eigenvalue weighted by Crippen LogP contribution is 2.10. The van der Waals surface area contributed by atoms with E-state index >= 15 is 0 Å². The maximum Gasteiger partial charge on any atom is 0.0624 e. The number of hydrogen-bond acceptors (Lipinski definition) is 3. The Morgan fingerprint density at radius 2 is 2.18 bits per heavy atom. The minimum Gasteiger partial charge on any atom is -0.382 e. The summed E-state index contributed by atoms with van der Waals surface area (Å²) in [6.45, 7) is 4.19. The second-order valence-corrected chi connectivity index (χ2v) is 4.69. The monoisotopic (exact) mass is 239 g/mol. The van der Waals surface area contributed by atoms with Gasteiger partial charge in [0.25, 0.3) is 0 Å². The van der Waals surface area contributed by atoms with Gasteiger partial charge in [0.15, 0.2) is 0 Å². The van der Waals surface area contributed by atoms with E-state index in [4.69, 9.17) is 10.5 Å². The van der Waals surface area contributed by atoms with Crippen LogP contribution in [-0.4, -0.2) is 29.0 Å². The molecule has 98 valence electrons. The molecule has 0 aliphatic rings. The zero-order chi connectivity index (χ0) is 12.8. The van der Waals surface area contributed by atoms with Crippen LogP contribution in [0.1, 0.15) is 38.1 Å². The van der Waals surface area contributed by atoms with Gasteiger partial charge in [0.05, 0.1) is 11.8 Å². The summed E-state index contributed by atoms with van der Waals surface area (Å²) in [6.07, 6.45) is 4.15. The van der Waals surface area contributed by atoms with E-state index < -0.39 is 0 Å². The van der Waals surface area contributed by atoms with Crippen LogP contribution in [0.5, 0.6) is 0 Å². The summed E-state index contributed by atoms with van der Waals surface area (Å²) >= 11 is 0. The molecular formula is C13H25N3O. The molecule has 0 saturated carbocycles. The molecule has 4 heteroatoms. The topological polar surface area (TPSA) is 53.1 Å². The van der Waals surface area contributed by atoms with Gasteiger partial charge in [-0.15, -0.1) is 0 Å². The fourth-order valence-corrected chi connectivity index (χ4v) is 1.87. The number of aryl methyl sites for hydroxylation is 2. The Bertz CT molecular complexity index is 335. The molecule has 0 spiro atoms. The van der Waals surface area contributed by atoms with Crippen LogP contribution in [0.15, 0.2) is 6.07 Å². The lowest BCUT2D eigenvalue weighted by atomic mass is 10.0. The molecule has 0 aliphatic carbocycles. The van der Waals surface area contributed by atoms with Gasteiger partial charge in [-0.1, -0.05) is 6.92 Å². The Balaban J connectivity index is 2.44. The van der Waals surface area contributed by atoms with Crippen LogP contribution in [0.4, 0.5) is 0 Å². The van der Waals surface area contributed by atoms with Gasteiger partial charge in [-0.3, -0.25) is 4.68 Å². The van der Waals surface area contributed by atoms with Gasteiger partial charge in [-0.05, 0) is 32.3 Å². The molecule has 0 radical (unpaired) electrons. The lowest BCUT2D eigenvalue weighted by Gasteiger charge is -2.14. The largest absolute Gasteiger partial charge is 0.382 e. The fourth-order valence-electron chi connectivity index (χ4n) is 1.87. The minimum atomic E-state index is 0.188. The molecule has 2 unspecified atom stereocenters. The van der Waals surface area contributed by atoms with E-state index in [1.807, 2.05) is 11.7 Å². The van der Waals surface area contributed by atoms with E-state index in [-0.39, 0.29) is 6.04 Å². The summed E-state index contributed by atoms with van der Waals surface area (Å²) in [5.41, 5.74) is 8.49. The number of nitrogens with zero attached hydrogens (tertiary/aromatic N) is 2. The second kappa shape index (κ2) is 6.77. The number of ether oxygens (including phenoxy) is 1. The Morgan fingerprint density at radius 1 is 1.47 bits per heavy atom. The van der Waals surface area contributed by atoms with Crippen LogP contribution in [0.25, 0.3) is 0 Å². The summed E-state index contributed by atoms with van der Waals surface area (Å²) in [7, 11) is 3.73. The van der Waals surface area contributed by atoms with Crippen molar-refractivity contribution in [3.63, 3.8) is 0 Å². The third kappa shape index (κ3) is 4.48. The number of aromatic nitrogens is 2. The predicted octanol–water partition coefficient (Wildman–Crippen LogP) is 1.67. The van der Waals surface area contributed by atoms with E-state index in [9.17, 15) is 0 Å². The first-order chi connectivity index (χ1) is 8.06. The summed E-state index contributed by atoms with van der Waals surface area (Å²) in [5.74, 6) is 0. The number of nitrogens with two attached hydrogens (primary N) is 1. The van der Waals surface area contributed by atoms with Crippen molar-refractivity contribution >= 4 is 0 Å². The molecular weight excluding hydrogens is 214 g/mol. The van der Waals surface area contributed by atoms with E-state index in [1.165, 1.54) is 5.69 Å². The molecule has 2 atom stereocenters. The van der Waals surface area contributed by atoms with Crippen LogP contribution in [0.2, 0.25) is 0 Å². The molecule has 2 N–H and O–H groups in total. The summed E-state index contributed by atoms with van der Waals surface area (Å²) in [4.78, 5) is 0. The van der Waals surface area contributed by atoms with Crippen LogP contribution in [0.3, 0.4) is 0 Å². The van der Waals surface area contributed by atoms with Crippen LogP contribution < -0.4 is 5.73 Å². The Kier molecular flexibility index (Phi) is 5.65. The van der Waals surface area contributed by atoms with Crippen LogP contribution in [0, 0.1) is 0 Å². The maximum absolute atomic E-state index is 6.13. The lowest BCUT2D eigenvalue weighted by molar-refractivity contribution is 0.107. The van der Waals surface area contributed by atoms with Gasteiger partial charge < -0.3 is 10.5 Å². The quantitative estimate of drug-likeness (QED) is 0.787. The minimum absolute atomic E-state index is 0.188. The Hall–Kier alpha value is -0.870. The van der Waals surface area contributed by atoms with E-state index in [0.717, 1.165) is 31.4 Å². The number of rotatable bonds is 7. The van der Waals surface area contributed by atoms with Crippen molar-refractivity contribution in [2.45, 2.75) is 51.7 Å². The van der Waals surface area contributed by atoms with Crippen molar-refractivity contribution in [3.05, 3.63) is 17.5 Å². The third-order valence-corrected chi connectivity index (χ3v) is 3.21. The van der Waals surface area contributed by atoms with Gasteiger partial charge >= 0.3 is 0 Å².